The molecule has 4 rings (SSSR count). The molecule has 3 aromatic rings. The third kappa shape index (κ3) is 5.00. The fraction of sp³-hybridized carbons (Fsp3) is 0.520. The number of hydrogen-bond donors (Lipinski definition) is 1. The van der Waals surface area contributed by atoms with Crippen LogP contribution < -0.4 is 5.32 Å². The van der Waals surface area contributed by atoms with Gasteiger partial charge in [0.1, 0.15) is 11.9 Å². The van der Waals surface area contributed by atoms with Gasteiger partial charge in [0.2, 0.25) is 5.89 Å². The molecule has 3 heterocycles. The molecule has 0 radical (unpaired) electrons. The van der Waals surface area contributed by atoms with Crippen LogP contribution in [0.25, 0.3) is 11.4 Å². The number of nitrogens with one attached hydrogen (secondary N) is 1. The zero-order chi connectivity index (χ0) is 23.8. The van der Waals surface area contributed by atoms with Crippen LogP contribution in [0.15, 0.2) is 34.9 Å². The maximum absolute atomic E-state index is 13.6. The molecule has 0 unspecified atom stereocenters. The quantitative estimate of drug-likeness (QED) is 0.605. The topological polar surface area (TPSA) is 89.1 Å². The van der Waals surface area contributed by atoms with Crippen LogP contribution in [0.4, 0.5) is 0 Å². The third-order valence-electron chi connectivity index (χ3n) is 5.89. The molecule has 8 nitrogen and oxygen atoms in total. The first-order valence-electron chi connectivity index (χ1n) is 11.6. The maximum atomic E-state index is 13.6. The Morgan fingerprint density at radius 2 is 1.88 bits per heavy atom. The van der Waals surface area contributed by atoms with Gasteiger partial charge in [-0.25, -0.2) is 4.98 Å². The number of imidazole rings is 1. The number of fused-ring (bicyclic) bond motifs is 1. The smallest absolute Gasteiger partial charge is 0.272 e. The van der Waals surface area contributed by atoms with Crippen molar-refractivity contribution < 1.29 is 9.32 Å². The predicted molar refractivity (Wildman–Crippen MR) is 126 cm³/mol. The monoisotopic (exact) mass is 450 g/mol. The first-order valence-corrected chi connectivity index (χ1v) is 11.6. The summed E-state index contributed by atoms with van der Waals surface area (Å²) < 4.78 is 7.63. The van der Waals surface area contributed by atoms with E-state index in [0.29, 0.717) is 29.9 Å². The van der Waals surface area contributed by atoms with Crippen molar-refractivity contribution in [3.63, 3.8) is 0 Å². The van der Waals surface area contributed by atoms with E-state index in [9.17, 15) is 4.79 Å². The molecule has 2 aromatic heterocycles. The summed E-state index contributed by atoms with van der Waals surface area (Å²) in [4.78, 5) is 25.3. The Morgan fingerprint density at radius 1 is 1.15 bits per heavy atom. The summed E-state index contributed by atoms with van der Waals surface area (Å²) in [7, 11) is 0. The molecule has 0 saturated carbocycles. The van der Waals surface area contributed by atoms with Crippen molar-refractivity contribution in [3.05, 3.63) is 53.4 Å². The molecule has 1 amide bonds. The molecule has 1 atom stereocenters. The Bertz CT molecular complexity index is 1110. The van der Waals surface area contributed by atoms with Crippen LogP contribution in [-0.4, -0.2) is 43.6 Å². The molecular formula is C25H34N6O2. The van der Waals surface area contributed by atoms with E-state index in [1.54, 1.807) is 6.92 Å². The van der Waals surface area contributed by atoms with Gasteiger partial charge in [-0.2, -0.15) is 4.98 Å². The van der Waals surface area contributed by atoms with E-state index in [1.807, 2.05) is 51.1 Å². The number of carbonyl (C=O) groups excluding carboxylic acids is 1. The predicted octanol–water partition coefficient (Wildman–Crippen LogP) is 4.23. The van der Waals surface area contributed by atoms with E-state index in [1.165, 1.54) is 0 Å². The first kappa shape index (κ1) is 23.2. The molecule has 1 N–H and O–H groups in total. The highest BCUT2D eigenvalue weighted by Gasteiger charge is 2.35. The standard InChI is InChI=1S/C25H34N6O2/c1-16(2)14-30-12-13-31-19(15-30)20(27-22(31)18-10-8-7-9-11-18)23(32)28-21(25(4,5)6)24-26-17(3)29-33-24/h7-11,16,21H,12-15H2,1-6H3,(H,28,32)/t21-/m1/s1. The number of benzene rings is 1. The molecule has 33 heavy (non-hydrogen) atoms. The van der Waals surface area contributed by atoms with E-state index >= 15 is 0 Å². The summed E-state index contributed by atoms with van der Waals surface area (Å²) in [6.07, 6.45) is 0. The Hall–Kier alpha value is -3.00. The van der Waals surface area contributed by atoms with E-state index in [-0.39, 0.29) is 11.3 Å². The Kier molecular flexibility index (Phi) is 6.38. The summed E-state index contributed by atoms with van der Waals surface area (Å²) in [5.41, 5.74) is 2.11. The van der Waals surface area contributed by atoms with E-state index in [4.69, 9.17) is 9.51 Å². The lowest BCUT2D eigenvalue weighted by Crippen LogP contribution is -2.39. The van der Waals surface area contributed by atoms with Crippen LogP contribution >= 0.6 is 0 Å². The number of aromatic nitrogens is 4. The highest BCUT2D eigenvalue weighted by atomic mass is 16.5. The zero-order valence-corrected chi connectivity index (χ0v) is 20.4. The van der Waals surface area contributed by atoms with Crippen molar-refractivity contribution in [2.45, 2.75) is 60.7 Å². The molecule has 0 spiro atoms. The Labute approximate surface area is 195 Å². The zero-order valence-electron chi connectivity index (χ0n) is 20.4. The summed E-state index contributed by atoms with van der Waals surface area (Å²) in [5.74, 6) is 2.12. The van der Waals surface area contributed by atoms with Crippen LogP contribution in [-0.2, 0) is 13.1 Å². The lowest BCUT2D eigenvalue weighted by atomic mass is 9.86. The average molecular weight is 451 g/mol. The van der Waals surface area contributed by atoms with Gasteiger partial charge in [-0.1, -0.05) is 70.1 Å². The van der Waals surface area contributed by atoms with Gasteiger partial charge in [0.25, 0.3) is 5.91 Å². The molecule has 1 aliphatic rings. The molecule has 0 saturated heterocycles. The average Bonchev–Trinajstić information content (AvgIpc) is 3.34. The van der Waals surface area contributed by atoms with Crippen molar-refractivity contribution in [3.8, 4) is 11.4 Å². The molecule has 8 heteroatoms. The number of hydrogen-bond acceptors (Lipinski definition) is 6. The summed E-state index contributed by atoms with van der Waals surface area (Å²) in [5, 5.41) is 7.06. The molecule has 0 aliphatic carbocycles. The molecule has 0 fully saturated rings. The fourth-order valence-electron chi connectivity index (χ4n) is 4.36. The van der Waals surface area contributed by atoms with Crippen molar-refractivity contribution in [1.82, 2.24) is 29.9 Å². The number of carbonyl (C=O) groups is 1. The van der Waals surface area contributed by atoms with Crippen LogP contribution in [0, 0.1) is 18.3 Å². The first-order chi connectivity index (χ1) is 15.6. The lowest BCUT2D eigenvalue weighted by molar-refractivity contribution is 0.0872. The molecule has 176 valence electrons. The fourth-order valence-corrected chi connectivity index (χ4v) is 4.36. The highest BCUT2D eigenvalue weighted by molar-refractivity contribution is 5.94. The third-order valence-corrected chi connectivity index (χ3v) is 5.89. The number of aryl methyl sites for hydroxylation is 1. The second kappa shape index (κ2) is 9.09. The van der Waals surface area contributed by atoms with Gasteiger partial charge in [0.05, 0.1) is 5.69 Å². The minimum atomic E-state index is -0.431. The SMILES string of the molecule is Cc1noc([C@@H](NC(=O)c2nc(-c3ccccc3)n3c2CN(CC(C)C)CC3)C(C)(C)C)n1. The summed E-state index contributed by atoms with van der Waals surface area (Å²) >= 11 is 0. The van der Waals surface area contributed by atoms with Gasteiger partial charge >= 0.3 is 0 Å². The van der Waals surface area contributed by atoms with Crippen molar-refractivity contribution in [2.75, 3.05) is 13.1 Å². The van der Waals surface area contributed by atoms with Gasteiger partial charge in [0, 0.05) is 31.7 Å². The van der Waals surface area contributed by atoms with Crippen LogP contribution in [0.2, 0.25) is 0 Å². The van der Waals surface area contributed by atoms with Gasteiger partial charge < -0.3 is 14.4 Å². The summed E-state index contributed by atoms with van der Waals surface area (Å²) in [6, 6.07) is 9.63. The Balaban J connectivity index is 1.71. The molecular weight excluding hydrogens is 416 g/mol. The normalized spacial score (nSPS) is 15.5. The molecule has 1 aromatic carbocycles. The van der Waals surface area contributed by atoms with E-state index < -0.39 is 6.04 Å². The van der Waals surface area contributed by atoms with E-state index in [0.717, 1.165) is 36.7 Å². The number of amides is 1. The maximum Gasteiger partial charge on any atom is 0.272 e. The Morgan fingerprint density at radius 3 is 2.48 bits per heavy atom. The molecule has 0 bridgehead atoms. The highest BCUT2D eigenvalue weighted by Crippen LogP contribution is 2.33. The summed E-state index contributed by atoms with van der Waals surface area (Å²) in [6.45, 7) is 15.8. The van der Waals surface area contributed by atoms with Crippen molar-refractivity contribution in [1.29, 1.82) is 0 Å². The number of rotatable bonds is 6. The van der Waals surface area contributed by atoms with Crippen molar-refractivity contribution >= 4 is 5.91 Å². The largest absolute Gasteiger partial charge is 0.338 e. The van der Waals surface area contributed by atoms with Gasteiger partial charge in [0.15, 0.2) is 11.5 Å². The van der Waals surface area contributed by atoms with Gasteiger partial charge in [-0.05, 0) is 18.3 Å². The van der Waals surface area contributed by atoms with Gasteiger partial charge in [-0.15, -0.1) is 0 Å². The minimum absolute atomic E-state index is 0.219. The number of nitrogens with zero attached hydrogens (tertiary/aromatic N) is 5. The molecule has 1 aliphatic heterocycles. The lowest BCUT2D eigenvalue weighted by Gasteiger charge is -2.31. The van der Waals surface area contributed by atoms with Crippen LogP contribution in [0.5, 0.6) is 0 Å². The van der Waals surface area contributed by atoms with Crippen molar-refractivity contribution in [2.24, 2.45) is 11.3 Å². The van der Waals surface area contributed by atoms with Crippen LogP contribution in [0.3, 0.4) is 0 Å². The van der Waals surface area contributed by atoms with E-state index in [2.05, 4.69) is 38.8 Å². The van der Waals surface area contributed by atoms with Gasteiger partial charge in [-0.3, -0.25) is 9.69 Å². The second-order valence-corrected chi connectivity index (χ2v) is 10.3. The second-order valence-electron chi connectivity index (χ2n) is 10.3. The van der Waals surface area contributed by atoms with Crippen LogP contribution in [0.1, 0.15) is 68.6 Å². The minimum Gasteiger partial charge on any atom is -0.338 e.